The van der Waals surface area contributed by atoms with Gasteiger partial charge in [0, 0.05) is 4.90 Å². The van der Waals surface area contributed by atoms with Crippen LogP contribution in [-0.4, -0.2) is 6.26 Å². The molecular weight excluding hydrogens is 403 g/mol. The summed E-state index contributed by atoms with van der Waals surface area (Å²) in [6.07, 6.45) is 2.08. The fourth-order valence-electron chi connectivity index (χ4n) is 3.73. The van der Waals surface area contributed by atoms with E-state index in [1.54, 1.807) is 23.9 Å². The van der Waals surface area contributed by atoms with Crippen molar-refractivity contribution in [1.82, 2.24) is 0 Å². The van der Waals surface area contributed by atoms with E-state index in [-0.39, 0.29) is 11.6 Å². The Balaban J connectivity index is 1.58. The van der Waals surface area contributed by atoms with Gasteiger partial charge in [-0.25, -0.2) is 4.39 Å². The summed E-state index contributed by atoms with van der Waals surface area (Å²) in [5, 5.41) is 0. The highest BCUT2D eigenvalue weighted by Crippen LogP contribution is 2.34. The summed E-state index contributed by atoms with van der Waals surface area (Å²) in [4.78, 5) is 1.25. The Morgan fingerprint density at radius 1 is 0.742 bits per heavy atom. The molecule has 3 heteroatoms. The topological polar surface area (TPSA) is 9.23 Å². The second-order valence-electron chi connectivity index (χ2n) is 7.63. The minimum atomic E-state index is -0.345. The normalized spacial score (nSPS) is 10.8. The molecule has 31 heavy (non-hydrogen) atoms. The zero-order valence-electron chi connectivity index (χ0n) is 18.0. The molecule has 0 fully saturated rings. The third-order valence-electron chi connectivity index (χ3n) is 5.45. The maximum atomic E-state index is 14.8. The number of thioether (sulfide) groups is 1. The summed E-state index contributed by atoms with van der Waals surface area (Å²) in [5.41, 5.74) is 7.59. The SMILES string of the molecule is CSc1ccc(-c2cc(C)c(-c3ccc(OCc4ccccc4)c(F)c3)cc2C)cc1. The number of benzene rings is 4. The van der Waals surface area contributed by atoms with Gasteiger partial charge in [-0.3, -0.25) is 0 Å². The molecule has 156 valence electrons. The van der Waals surface area contributed by atoms with Gasteiger partial charge in [-0.2, -0.15) is 0 Å². The molecule has 0 aliphatic heterocycles. The van der Waals surface area contributed by atoms with Crippen LogP contribution < -0.4 is 4.74 Å². The van der Waals surface area contributed by atoms with Crippen LogP contribution in [0.5, 0.6) is 5.75 Å². The quantitative estimate of drug-likeness (QED) is 0.287. The van der Waals surface area contributed by atoms with E-state index in [4.69, 9.17) is 4.74 Å². The minimum Gasteiger partial charge on any atom is -0.486 e. The molecule has 0 amide bonds. The van der Waals surface area contributed by atoms with E-state index in [0.29, 0.717) is 6.61 Å². The lowest BCUT2D eigenvalue weighted by molar-refractivity contribution is 0.290. The van der Waals surface area contributed by atoms with E-state index < -0.39 is 0 Å². The van der Waals surface area contributed by atoms with Crippen LogP contribution in [0.15, 0.2) is 89.8 Å². The maximum Gasteiger partial charge on any atom is 0.165 e. The smallest absolute Gasteiger partial charge is 0.165 e. The molecule has 0 atom stereocenters. The van der Waals surface area contributed by atoms with E-state index >= 15 is 0 Å². The van der Waals surface area contributed by atoms with Crippen molar-refractivity contribution in [2.75, 3.05) is 6.26 Å². The summed E-state index contributed by atoms with van der Waals surface area (Å²) < 4.78 is 20.4. The third kappa shape index (κ3) is 4.83. The lowest BCUT2D eigenvalue weighted by Gasteiger charge is -2.14. The molecule has 4 aromatic rings. The molecule has 0 saturated heterocycles. The number of rotatable bonds is 6. The molecule has 0 aliphatic carbocycles. The van der Waals surface area contributed by atoms with E-state index in [1.165, 1.54) is 21.6 Å². The largest absolute Gasteiger partial charge is 0.486 e. The summed E-state index contributed by atoms with van der Waals surface area (Å²) in [5.74, 6) is -0.0744. The van der Waals surface area contributed by atoms with Crippen LogP contribution in [0, 0.1) is 19.7 Å². The Hall–Kier alpha value is -3.04. The zero-order chi connectivity index (χ0) is 21.8. The first-order chi connectivity index (χ1) is 15.0. The van der Waals surface area contributed by atoms with E-state index in [1.807, 2.05) is 36.4 Å². The van der Waals surface area contributed by atoms with Crippen molar-refractivity contribution in [3.05, 3.63) is 107 Å². The number of halogens is 1. The highest BCUT2D eigenvalue weighted by Gasteiger charge is 2.12. The first-order valence-electron chi connectivity index (χ1n) is 10.3. The molecule has 4 rings (SSSR count). The van der Waals surface area contributed by atoms with Crippen molar-refractivity contribution in [3.8, 4) is 28.0 Å². The molecule has 0 unspecified atom stereocenters. The molecule has 0 saturated carbocycles. The molecule has 0 heterocycles. The number of ether oxygens (including phenoxy) is 1. The van der Waals surface area contributed by atoms with Crippen LogP contribution in [0.25, 0.3) is 22.3 Å². The molecule has 0 aliphatic rings. The molecule has 0 bridgehead atoms. The second-order valence-corrected chi connectivity index (χ2v) is 8.51. The van der Waals surface area contributed by atoms with Gasteiger partial charge < -0.3 is 4.74 Å². The van der Waals surface area contributed by atoms with Gasteiger partial charge in [0.05, 0.1) is 0 Å². The van der Waals surface area contributed by atoms with Gasteiger partial charge in [0.2, 0.25) is 0 Å². The Morgan fingerprint density at radius 3 is 1.97 bits per heavy atom. The molecule has 0 aromatic heterocycles. The maximum absolute atomic E-state index is 14.8. The standard InChI is InChI=1S/C28H25FOS/c1-19-16-26(20(2)15-25(19)22-9-12-24(31-3)13-10-22)23-11-14-28(27(29)17-23)30-18-21-7-5-4-6-8-21/h4-17H,18H2,1-3H3. The fraction of sp³-hybridized carbons (Fsp3) is 0.143. The Kier molecular flexibility index (Phi) is 6.43. The number of hydrogen-bond donors (Lipinski definition) is 0. The van der Waals surface area contributed by atoms with Crippen molar-refractivity contribution in [1.29, 1.82) is 0 Å². The molecule has 0 N–H and O–H groups in total. The Labute approximate surface area is 187 Å². The predicted octanol–water partition coefficient (Wildman–Crippen LogP) is 8.08. The van der Waals surface area contributed by atoms with Crippen molar-refractivity contribution < 1.29 is 9.13 Å². The first kappa shape index (κ1) is 21.2. The molecule has 0 spiro atoms. The number of aryl methyl sites for hydroxylation is 2. The molecule has 4 aromatic carbocycles. The zero-order valence-corrected chi connectivity index (χ0v) is 18.8. The Morgan fingerprint density at radius 2 is 1.35 bits per heavy atom. The van der Waals surface area contributed by atoms with Gasteiger partial charge in [0.1, 0.15) is 6.61 Å². The monoisotopic (exact) mass is 428 g/mol. The average Bonchev–Trinajstić information content (AvgIpc) is 2.80. The first-order valence-corrected chi connectivity index (χ1v) is 11.5. The van der Waals surface area contributed by atoms with E-state index in [9.17, 15) is 4.39 Å². The van der Waals surface area contributed by atoms with Crippen molar-refractivity contribution in [3.63, 3.8) is 0 Å². The van der Waals surface area contributed by atoms with Gasteiger partial charge in [0.15, 0.2) is 11.6 Å². The Bertz CT molecular complexity index is 1180. The van der Waals surface area contributed by atoms with Crippen LogP contribution >= 0.6 is 11.8 Å². The van der Waals surface area contributed by atoms with Crippen LogP contribution in [0.2, 0.25) is 0 Å². The average molecular weight is 429 g/mol. The van der Waals surface area contributed by atoms with E-state index in [2.05, 4.69) is 56.5 Å². The van der Waals surface area contributed by atoms with Gasteiger partial charge in [0.25, 0.3) is 0 Å². The van der Waals surface area contributed by atoms with Crippen LogP contribution in [0.1, 0.15) is 16.7 Å². The third-order valence-corrected chi connectivity index (χ3v) is 6.20. The van der Waals surface area contributed by atoms with Crippen molar-refractivity contribution >= 4 is 11.8 Å². The number of hydrogen-bond acceptors (Lipinski definition) is 2. The lowest BCUT2D eigenvalue weighted by atomic mass is 9.92. The van der Waals surface area contributed by atoms with Crippen molar-refractivity contribution in [2.24, 2.45) is 0 Å². The van der Waals surface area contributed by atoms with Crippen LogP contribution in [-0.2, 0) is 6.61 Å². The second kappa shape index (κ2) is 9.40. The highest BCUT2D eigenvalue weighted by atomic mass is 32.2. The molecule has 1 nitrogen and oxygen atoms in total. The van der Waals surface area contributed by atoms with Crippen LogP contribution in [0.4, 0.5) is 4.39 Å². The minimum absolute atomic E-state index is 0.271. The van der Waals surface area contributed by atoms with Gasteiger partial charge >= 0.3 is 0 Å². The summed E-state index contributed by atoms with van der Waals surface area (Å²) in [6, 6.07) is 27.9. The van der Waals surface area contributed by atoms with Crippen molar-refractivity contribution in [2.45, 2.75) is 25.3 Å². The molecular formula is C28H25FOS. The predicted molar refractivity (Wildman–Crippen MR) is 129 cm³/mol. The lowest BCUT2D eigenvalue weighted by Crippen LogP contribution is -1.98. The fourth-order valence-corrected chi connectivity index (χ4v) is 4.14. The molecule has 0 radical (unpaired) electrons. The van der Waals surface area contributed by atoms with Gasteiger partial charge in [-0.05, 0) is 83.3 Å². The summed E-state index contributed by atoms with van der Waals surface area (Å²) >= 11 is 1.74. The van der Waals surface area contributed by atoms with Crippen LogP contribution in [0.3, 0.4) is 0 Å². The summed E-state index contributed by atoms with van der Waals surface area (Å²) in [6.45, 7) is 4.53. The highest BCUT2D eigenvalue weighted by molar-refractivity contribution is 7.98. The van der Waals surface area contributed by atoms with E-state index in [0.717, 1.165) is 22.3 Å². The van der Waals surface area contributed by atoms with Gasteiger partial charge in [-0.15, -0.1) is 11.8 Å². The van der Waals surface area contributed by atoms with Gasteiger partial charge in [-0.1, -0.05) is 60.7 Å². The summed E-state index contributed by atoms with van der Waals surface area (Å²) in [7, 11) is 0.